The molecule has 8 nitrogen and oxygen atoms in total. The highest BCUT2D eigenvalue weighted by Crippen LogP contribution is 2.31. The molecule has 1 N–H and O–H groups in total. The minimum absolute atomic E-state index is 0.0662. The molecule has 1 aliphatic carbocycles. The van der Waals surface area contributed by atoms with E-state index in [0.717, 1.165) is 31.2 Å². The molecule has 1 fully saturated rings. The molecular weight excluding hydrogens is 453 g/mol. The lowest BCUT2D eigenvalue weighted by Gasteiger charge is -2.28. The molecule has 1 aliphatic rings. The molecule has 0 radical (unpaired) electrons. The average molecular weight is 482 g/mol. The fourth-order valence-corrected chi connectivity index (χ4v) is 4.26. The van der Waals surface area contributed by atoms with E-state index < -0.39 is 5.91 Å². The van der Waals surface area contributed by atoms with Gasteiger partial charge in [-0.2, -0.15) is 0 Å². The van der Waals surface area contributed by atoms with E-state index in [1.165, 1.54) is 19.2 Å². The lowest BCUT2D eigenvalue weighted by molar-refractivity contribution is 0.0643. The molecule has 2 aromatic carbocycles. The van der Waals surface area contributed by atoms with Gasteiger partial charge < -0.3 is 24.2 Å². The Bertz CT molecular complexity index is 1170. The van der Waals surface area contributed by atoms with Crippen molar-refractivity contribution < 1.29 is 28.0 Å². The van der Waals surface area contributed by atoms with Gasteiger partial charge in [0.05, 0.1) is 20.8 Å². The van der Waals surface area contributed by atoms with Crippen LogP contribution in [0.5, 0.6) is 11.5 Å². The second kappa shape index (κ2) is 11.0. The average Bonchev–Trinajstić information content (AvgIpc) is 3.58. The number of methoxy groups -OCH3 is 2. The molecule has 1 heterocycles. The fourth-order valence-electron chi connectivity index (χ4n) is 4.26. The zero-order valence-corrected chi connectivity index (χ0v) is 19.8. The third kappa shape index (κ3) is 5.79. The van der Waals surface area contributed by atoms with Crippen LogP contribution in [-0.2, 0) is 13.1 Å². The Kier molecular flexibility index (Phi) is 7.64. The minimum Gasteiger partial charge on any atom is -0.493 e. The Morgan fingerprint density at radius 3 is 2.46 bits per heavy atom. The van der Waals surface area contributed by atoms with Crippen LogP contribution in [0.2, 0.25) is 0 Å². The molecule has 0 aliphatic heterocycles. The van der Waals surface area contributed by atoms with E-state index in [1.54, 1.807) is 48.4 Å². The standard InChI is InChI=1S/C26H28FN3O5/c1-33-23-12-9-18(13-24(23)34-2)26(32)30(20-5-3-4-6-20)16-21-14-22(29-35-21)25(31)28-15-17-7-10-19(27)11-8-17/h7-14,20H,3-6,15-16H2,1-2H3,(H,28,31). The third-order valence-electron chi connectivity index (χ3n) is 6.14. The highest BCUT2D eigenvalue weighted by atomic mass is 19.1. The van der Waals surface area contributed by atoms with Gasteiger partial charge in [0.15, 0.2) is 23.0 Å². The first kappa shape index (κ1) is 24.3. The molecule has 9 heteroatoms. The molecule has 3 aromatic rings. The van der Waals surface area contributed by atoms with E-state index in [0.29, 0.717) is 22.8 Å². The minimum atomic E-state index is -0.414. The van der Waals surface area contributed by atoms with E-state index in [2.05, 4.69) is 10.5 Å². The number of ether oxygens (including phenoxy) is 2. The van der Waals surface area contributed by atoms with Gasteiger partial charge in [0, 0.05) is 24.2 Å². The summed E-state index contributed by atoms with van der Waals surface area (Å²) in [6, 6.07) is 12.6. The molecule has 1 saturated carbocycles. The zero-order chi connectivity index (χ0) is 24.8. The Hall–Kier alpha value is -3.88. The third-order valence-corrected chi connectivity index (χ3v) is 6.14. The Labute approximate surface area is 203 Å². The summed E-state index contributed by atoms with van der Waals surface area (Å²) in [6.07, 6.45) is 3.90. The number of halogens is 1. The molecule has 0 spiro atoms. The molecule has 184 valence electrons. The van der Waals surface area contributed by atoms with E-state index in [4.69, 9.17) is 14.0 Å². The van der Waals surface area contributed by atoms with Gasteiger partial charge in [0.25, 0.3) is 11.8 Å². The number of carbonyl (C=O) groups is 2. The summed E-state index contributed by atoms with van der Waals surface area (Å²) in [7, 11) is 3.07. The van der Waals surface area contributed by atoms with Crippen LogP contribution in [0.15, 0.2) is 53.1 Å². The largest absolute Gasteiger partial charge is 0.493 e. The number of carbonyl (C=O) groups excluding carboxylic acids is 2. The van der Waals surface area contributed by atoms with Crippen molar-refractivity contribution in [3.05, 3.63) is 76.9 Å². The number of amides is 2. The maximum atomic E-state index is 13.5. The van der Waals surface area contributed by atoms with Gasteiger partial charge in [-0.15, -0.1) is 0 Å². The first-order valence-electron chi connectivity index (χ1n) is 11.5. The summed E-state index contributed by atoms with van der Waals surface area (Å²) in [5, 5.41) is 6.62. The van der Waals surface area contributed by atoms with Crippen molar-refractivity contribution in [2.75, 3.05) is 14.2 Å². The zero-order valence-electron chi connectivity index (χ0n) is 19.8. The molecule has 4 rings (SSSR count). The van der Waals surface area contributed by atoms with E-state index in [9.17, 15) is 14.0 Å². The molecule has 0 saturated heterocycles. The van der Waals surface area contributed by atoms with Gasteiger partial charge in [-0.1, -0.05) is 30.1 Å². The highest BCUT2D eigenvalue weighted by Gasteiger charge is 2.29. The maximum absolute atomic E-state index is 13.5. The number of nitrogens with one attached hydrogen (secondary N) is 1. The normalized spacial score (nSPS) is 13.5. The van der Waals surface area contributed by atoms with Crippen molar-refractivity contribution in [3.8, 4) is 11.5 Å². The summed E-state index contributed by atoms with van der Waals surface area (Å²) in [4.78, 5) is 27.8. The van der Waals surface area contributed by atoms with Crippen molar-refractivity contribution in [1.29, 1.82) is 0 Å². The lowest BCUT2D eigenvalue weighted by Crippen LogP contribution is -2.38. The van der Waals surface area contributed by atoms with Gasteiger partial charge in [-0.05, 0) is 48.7 Å². The van der Waals surface area contributed by atoms with Crippen molar-refractivity contribution in [3.63, 3.8) is 0 Å². The van der Waals surface area contributed by atoms with Crippen LogP contribution in [0.4, 0.5) is 4.39 Å². The van der Waals surface area contributed by atoms with Crippen LogP contribution in [0, 0.1) is 5.82 Å². The first-order chi connectivity index (χ1) is 17.0. The van der Waals surface area contributed by atoms with Crippen molar-refractivity contribution in [1.82, 2.24) is 15.4 Å². The van der Waals surface area contributed by atoms with Crippen molar-refractivity contribution in [2.24, 2.45) is 0 Å². The second-order valence-corrected chi connectivity index (χ2v) is 8.43. The second-order valence-electron chi connectivity index (χ2n) is 8.43. The monoisotopic (exact) mass is 481 g/mol. The summed E-state index contributed by atoms with van der Waals surface area (Å²) in [6.45, 7) is 0.420. The predicted molar refractivity (Wildman–Crippen MR) is 126 cm³/mol. The fraction of sp³-hybridized carbons (Fsp3) is 0.346. The molecule has 0 bridgehead atoms. The maximum Gasteiger partial charge on any atom is 0.273 e. The molecule has 35 heavy (non-hydrogen) atoms. The number of hydrogen-bond donors (Lipinski definition) is 1. The molecule has 1 aromatic heterocycles. The van der Waals surface area contributed by atoms with Gasteiger partial charge in [0.1, 0.15) is 5.82 Å². The summed E-state index contributed by atoms with van der Waals surface area (Å²) >= 11 is 0. The molecule has 0 unspecified atom stereocenters. The van der Waals surface area contributed by atoms with Crippen LogP contribution >= 0.6 is 0 Å². The van der Waals surface area contributed by atoms with E-state index >= 15 is 0 Å². The van der Waals surface area contributed by atoms with Gasteiger partial charge in [0.2, 0.25) is 0 Å². The van der Waals surface area contributed by atoms with E-state index in [1.807, 2.05) is 0 Å². The Morgan fingerprint density at radius 2 is 1.77 bits per heavy atom. The number of benzene rings is 2. The Morgan fingerprint density at radius 1 is 1.06 bits per heavy atom. The van der Waals surface area contributed by atoms with Crippen molar-refractivity contribution >= 4 is 11.8 Å². The van der Waals surface area contributed by atoms with E-state index in [-0.39, 0.29) is 36.5 Å². The van der Waals surface area contributed by atoms with Crippen LogP contribution in [0.1, 0.15) is 57.9 Å². The van der Waals surface area contributed by atoms with Crippen molar-refractivity contribution in [2.45, 2.75) is 44.8 Å². The van der Waals surface area contributed by atoms with Crippen LogP contribution in [0.25, 0.3) is 0 Å². The molecule has 0 atom stereocenters. The SMILES string of the molecule is COc1ccc(C(=O)N(Cc2cc(C(=O)NCc3ccc(F)cc3)no2)C2CCCC2)cc1OC. The topological polar surface area (TPSA) is 93.9 Å². The summed E-state index contributed by atoms with van der Waals surface area (Å²) in [5.41, 5.74) is 1.36. The number of nitrogens with zero attached hydrogens (tertiary/aromatic N) is 2. The summed E-state index contributed by atoms with van der Waals surface area (Å²) in [5.74, 6) is 0.528. The number of hydrogen-bond acceptors (Lipinski definition) is 6. The summed E-state index contributed by atoms with van der Waals surface area (Å²) < 4.78 is 29.1. The molecule has 2 amide bonds. The predicted octanol–water partition coefficient (Wildman–Crippen LogP) is 4.35. The Balaban J connectivity index is 1.47. The van der Waals surface area contributed by atoms with Gasteiger partial charge in [-0.3, -0.25) is 9.59 Å². The van der Waals surface area contributed by atoms with Crippen LogP contribution < -0.4 is 14.8 Å². The van der Waals surface area contributed by atoms with Crippen LogP contribution in [0.3, 0.4) is 0 Å². The number of aromatic nitrogens is 1. The smallest absolute Gasteiger partial charge is 0.273 e. The lowest BCUT2D eigenvalue weighted by atomic mass is 10.1. The molecular formula is C26H28FN3O5. The highest BCUT2D eigenvalue weighted by molar-refractivity contribution is 5.95. The number of rotatable bonds is 9. The quantitative estimate of drug-likeness (QED) is 0.489. The van der Waals surface area contributed by atoms with Gasteiger partial charge in [-0.25, -0.2) is 4.39 Å². The first-order valence-corrected chi connectivity index (χ1v) is 11.5. The van der Waals surface area contributed by atoms with Crippen LogP contribution in [-0.4, -0.2) is 42.1 Å². The van der Waals surface area contributed by atoms with Gasteiger partial charge >= 0.3 is 0 Å².